The van der Waals surface area contributed by atoms with E-state index in [0.717, 1.165) is 50.9 Å². The van der Waals surface area contributed by atoms with E-state index < -0.39 is 0 Å². The van der Waals surface area contributed by atoms with Crippen LogP contribution in [0, 0.1) is 0 Å². The molecule has 28 heavy (non-hydrogen) atoms. The van der Waals surface area contributed by atoms with Crippen molar-refractivity contribution in [2.75, 3.05) is 46.9 Å². The number of guanidine groups is 1. The van der Waals surface area contributed by atoms with Crippen molar-refractivity contribution in [1.82, 2.24) is 15.5 Å². The third kappa shape index (κ3) is 6.11. The van der Waals surface area contributed by atoms with E-state index in [1.54, 1.807) is 7.11 Å². The molecule has 1 aromatic rings. The molecule has 0 amide bonds. The van der Waals surface area contributed by atoms with Gasteiger partial charge in [-0.05, 0) is 62.9 Å². The quantitative estimate of drug-likeness (QED) is 0.530. The van der Waals surface area contributed by atoms with Crippen molar-refractivity contribution in [2.24, 2.45) is 4.99 Å². The van der Waals surface area contributed by atoms with E-state index >= 15 is 0 Å². The number of methoxy groups -OCH3 is 1. The molecule has 0 bridgehead atoms. The Balaban J connectivity index is 1.56. The highest BCUT2D eigenvalue weighted by Gasteiger charge is 2.23. The fraction of sp³-hybridized carbons (Fsp3) is 0.682. The summed E-state index contributed by atoms with van der Waals surface area (Å²) in [5.74, 6) is 1.77. The predicted molar refractivity (Wildman–Crippen MR) is 114 cm³/mol. The maximum absolute atomic E-state index is 5.71. The Labute approximate surface area is 169 Å². The molecule has 2 heterocycles. The Morgan fingerprint density at radius 3 is 2.61 bits per heavy atom. The van der Waals surface area contributed by atoms with Crippen LogP contribution < -0.4 is 15.4 Å². The van der Waals surface area contributed by atoms with Crippen molar-refractivity contribution in [3.8, 4) is 5.75 Å². The minimum Gasteiger partial charge on any atom is -0.497 e. The van der Waals surface area contributed by atoms with Crippen LogP contribution in [0.1, 0.15) is 50.1 Å². The van der Waals surface area contributed by atoms with Gasteiger partial charge in [-0.3, -0.25) is 9.89 Å². The molecular weight excluding hydrogens is 352 g/mol. The number of nitrogens with one attached hydrogen (secondary N) is 2. The van der Waals surface area contributed by atoms with Gasteiger partial charge >= 0.3 is 0 Å². The van der Waals surface area contributed by atoms with Crippen molar-refractivity contribution in [3.05, 3.63) is 29.8 Å². The third-order valence-electron chi connectivity index (χ3n) is 5.80. The molecule has 2 aliphatic heterocycles. The van der Waals surface area contributed by atoms with Crippen molar-refractivity contribution in [1.29, 1.82) is 0 Å². The average Bonchev–Trinajstić information content (AvgIpc) is 3.27. The fourth-order valence-electron chi connectivity index (χ4n) is 4.15. The number of nitrogens with zero attached hydrogens (tertiary/aromatic N) is 2. The number of piperidine rings is 1. The molecule has 156 valence electrons. The van der Waals surface area contributed by atoms with Gasteiger partial charge in [-0.15, -0.1) is 0 Å². The number of ether oxygens (including phenoxy) is 2. The van der Waals surface area contributed by atoms with Gasteiger partial charge < -0.3 is 20.1 Å². The molecule has 2 aliphatic rings. The monoisotopic (exact) mass is 388 g/mol. The lowest BCUT2D eigenvalue weighted by atomic mass is 10.0. The van der Waals surface area contributed by atoms with Gasteiger partial charge in [0.2, 0.25) is 0 Å². The molecule has 2 unspecified atom stereocenters. The van der Waals surface area contributed by atoms with Crippen LogP contribution in [0.4, 0.5) is 0 Å². The first-order chi connectivity index (χ1) is 13.8. The zero-order valence-corrected chi connectivity index (χ0v) is 17.5. The van der Waals surface area contributed by atoms with Crippen LogP contribution in [0.15, 0.2) is 29.3 Å². The van der Waals surface area contributed by atoms with E-state index in [1.165, 1.54) is 37.7 Å². The number of benzene rings is 1. The molecule has 0 radical (unpaired) electrons. The van der Waals surface area contributed by atoms with E-state index in [9.17, 15) is 0 Å². The van der Waals surface area contributed by atoms with E-state index in [-0.39, 0.29) is 0 Å². The largest absolute Gasteiger partial charge is 0.497 e. The average molecular weight is 389 g/mol. The van der Waals surface area contributed by atoms with Gasteiger partial charge in [-0.2, -0.15) is 0 Å². The van der Waals surface area contributed by atoms with Crippen molar-refractivity contribution in [2.45, 2.75) is 50.7 Å². The lowest BCUT2D eigenvalue weighted by Gasteiger charge is -2.35. The number of hydrogen-bond acceptors (Lipinski definition) is 4. The normalized spacial score (nSPS) is 22.1. The summed E-state index contributed by atoms with van der Waals surface area (Å²) < 4.78 is 11.0. The van der Waals surface area contributed by atoms with Gasteiger partial charge in [0, 0.05) is 26.7 Å². The highest BCUT2D eigenvalue weighted by molar-refractivity contribution is 5.79. The first kappa shape index (κ1) is 20.9. The molecule has 6 nitrogen and oxygen atoms in total. The summed E-state index contributed by atoms with van der Waals surface area (Å²) in [6.07, 6.45) is 7.72. The van der Waals surface area contributed by atoms with Crippen LogP contribution in [0.2, 0.25) is 0 Å². The summed E-state index contributed by atoms with van der Waals surface area (Å²) in [6, 6.07) is 8.82. The van der Waals surface area contributed by atoms with Crippen LogP contribution in [-0.4, -0.2) is 63.9 Å². The number of aliphatic imine (C=N–C) groups is 1. The lowest BCUT2D eigenvalue weighted by Crippen LogP contribution is -2.45. The molecule has 6 heteroatoms. The maximum atomic E-state index is 5.71. The maximum Gasteiger partial charge on any atom is 0.191 e. The Morgan fingerprint density at radius 1 is 1.18 bits per heavy atom. The summed E-state index contributed by atoms with van der Waals surface area (Å²) in [5.41, 5.74) is 1.32. The van der Waals surface area contributed by atoms with Gasteiger partial charge in [-0.25, -0.2) is 0 Å². The third-order valence-corrected chi connectivity index (χ3v) is 5.80. The standard InChI is InChI=1S/C22H36N4O2/c1-23-22(24-13-12-20-7-6-16-28-20)25-17-21(26-14-4-3-5-15-26)18-8-10-19(27-2)11-9-18/h8-11,20-21H,3-7,12-17H2,1-2H3,(H2,23,24,25). The summed E-state index contributed by atoms with van der Waals surface area (Å²) >= 11 is 0. The molecule has 2 N–H and O–H groups in total. The first-order valence-electron chi connectivity index (χ1n) is 10.7. The fourth-order valence-corrected chi connectivity index (χ4v) is 4.15. The number of rotatable bonds is 8. The van der Waals surface area contributed by atoms with Gasteiger partial charge in [0.05, 0.1) is 19.3 Å². The second-order valence-corrected chi connectivity index (χ2v) is 7.69. The molecule has 2 fully saturated rings. The Kier molecular flexibility index (Phi) is 8.42. The second-order valence-electron chi connectivity index (χ2n) is 7.69. The van der Waals surface area contributed by atoms with Crippen LogP contribution >= 0.6 is 0 Å². The van der Waals surface area contributed by atoms with E-state index in [4.69, 9.17) is 9.47 Å². The van der Waals surface area contributed by atoms with E-state index in [0.29, 0.717) is 12.1 Å². The SMILES string of the molecule is CN=C(NCCC1CCCO1)NCC(c1ccc(OC)cc1)N1CCCCC1. The van der Waals surface area contributed by atoms with Crippen molar-refractivity contribution >= 4 is 5.96 Å². The Hall–Kier alpha value is -1.79. The lowest BCUT2D eigenvalue weighted by molar-refractivity contribution is 0.105. The molecule has 0 aromatic heterocycles. The topological polar surface area (TPSA) is 58.1 Å². The minimum atomic E-state index is 0.336. The van der Waals surface area contributed by atoms with Gasteiger partial charge in [0.1, 0.15) is 5.75 Å². The first-order valence-corrected chi connectivity index (χ1v) is 10.7. The summed E-state index contributed by atoms with van der Waals surface area (Å²) in [4.78, 5) is 7.00. The molecule has 2 saturated heterocycles. The second kappa shape index (κ2) is 11.3. The summed E-state index contributed by atoms with van der Waals surface area (Å²) in [7, 11) is 3.55. The van der Waals surface area contributed by atoms with E-state index in [1.807, 2.05) is 7.05 Å². The highest BCUT2D eigenvalue weighted by atomic mass is 16.5. The minimum absolute atomic E-state index is 0.336. The molecule has 0 aliphatic carbocycles. The predicted octanol–water partition coefficient (Wildman–Crippen LogP) is 2.96. The van der Waals surface area contributed by atoms with Gasteiger partial charge in [0.15, 0.2) is 5.96 Å². The molecule has 1 aromatic carbocycles. The highest BCUT2D eigenvalue weighted by Crippen LogP contribution is 2.25. The molecule has 3 rings (SSSR count). The van der Waals surface area contributed by atoms with Crippen LogP contribution in [0.25, 0.3) is 0 Å². The summed E-state index contributed by atoms with van der Waals surface area (Å²) in [6.45, 7) is 4.96. The van der Waals surface area contributed by atoms with E-state index in [2.05, 4.69) is 44.8 Å². The summed E-state index contributed by atoms with van der Waals surface area (Å²) in [5, 5.41) is 6.99. The van der Waals surface area contributed by atoms with Crippen LogP contribution in [0.3, 0.4) is 0 Å². The zero-order valence-electron chi connectivity index (χ0n) is 17.5. The molecule has 0 spiro atoms. The molecule has 0 saturated carbocycles. The van der Waals surface area contributed by atoms with Crippen LogP contribution in [-0.2, 0) is 4.74 Å². The number of hydrogen-bond donors (Lipinski definition) is 2. The Morgan fingerprint density at radius 2 is 1.96 bits per heavy atom. The molecular formula is C22H36N4O2. The Bertz CT molecular complexity index is 593. The van der Waals surface area contributed by atoms with Gasteiger partial charge in [0.25, 0.3) is 0 Å². The van der Waals surface area contributed by atoms with Gasteiger partial charge in [-0.1, -0.05) is 18.6 Å². The molecule has 2 atom stereocenters. The smallest absolute Gasteiger partial charge is 0.191 e. The van der Waals surface area contributed by atoms with Crippen molar-refractivity contribution in [3.63, 3.8) is 0 Å². The zero-order chi connectivity index (χ0) is 19.6. The van der Waals surface area contributed by atoms with Crippen molar-refractivity contribution < 1.29 is 9.47 Å². The number of likely N-dealkylation sites (tertiary alicyclic amines) is 1. The van der Waals surface area contributed by atoms with Crippen LogP contribution in [0.5, 0.6) is 5.75 Å².